The van der Waals surface area contributed by atoms with E-state index >= 15 is 0 Å². The minimum atomic E-state index is -0.0749. The van der Waals surface area contributed by atoms with Gasteiger partial charge < -0.3 is 9.32 Å². The van der Waals surface area contributed by atoms with Crippen molar-refractivity contribution >= 4 is 81.3 Å². The number of hydrogen-bond acceptors (Lipinski definition) is 3. The van der Waals surface area contributed by atoms with Crippen LogP contribution >= 0.6 is 11.3 Å². The Kier molecular flexibility index (Phi) is 5.25. The first-order valence-electron chi connectivity index (χ1n) is 15.8. The topological polar surface area (TPSA) is 16.4 Å². The van der Waals surface area contributed by atoms with Crippen molar-refractivity contribution in [3.63, 3.8) is 0 Å². The number of benzene rings is 7. The summed E-state index contributed by atoms with van der Waals surface area (Å²) in [6.07, 6.45) is 0. The zero-order valence-electron chi connectivity index (χ0n) is 25.5. The van der Waals surface area contributed by atoms with E-state index < -0.39 is 0 Å². The molecular formula is C43H29NOS. The molecule has 0 atom stereocenters. The van der Waals surface area contributed by atoms with Crippen LogP contribution in [0.2, 0.25) is 0 Å². The Labute approximate surface area is 270 Å². The molecule has 2 heterocycles. The molecule has 0 spiro atoms. The van der Waals surface area contributed by atoms with Crippen LogP contribution in [-0.2, 0) is 5.41 Å². The molecule has 2 aromatic heterocycles. The Morgan fingerprint density at radius 3 is 2.09 bits per heavy atom. The Bertz CT molecular complexity index is 2680. The van der Waals surface area contributed by atoms with Gasteiger partial charge in [0.2, 0.25) is 0 Å². The highest BCUT2D eigenvalue weighted by molar-refractivity contribution is 7.26. The molecule has 1 aliphatic rings. The van der Waals surface area contributed by atoms with E-state index in [2.05, 4.69) is 158 Å². The molecule has 0 radical (unpaired) electrons. The summed E-state index contributed by atoms with van der Waals surface area (Å²) in [7, 11) is 0. The van der Waals surface area contributed by atoms with Gasteiger partial charge in [-0.2, -0.15) is 0 Å². The second kappa shape index (κ2) is 9.32. The van der Waals surface area contributed by atoms with Crippen LogP contribution in [0.15, 0.2) is 144 Å². The highest BCUT2D eigenvalue weighted by Crippen LogP contribution is 2.51. The maximum absolute atomic E-state index is 6.63. The van der Waals surface area contributed by atoms with Crippen molar-refractivity contribution in [3.8, 4) is 11.1 Å². The fraction of sp³-hybridized carbons (Fsp3) is 0.0698. The number of furan rings is 1. The third-order valence-electron chi connectivity index (χ3n) is 10.0. The van der Waals surface area contributed by atoms with Crippen LogP contribution in [0.3, 0.4) is 0 Å². The number of hydrogen-bond donors (Lipinski definition) is 0. The molecule has 3 heteroatoms. The molecule has 1 aliphatic carbocycles. The van der Waals surface area contributed by atoms with Gasteiger partial charge in [0.15, 0.2) is 0 Å². The van der Waals surface area contributed by atoms with Crippen molar-refractivity contribution in [2.24, 2.45) is 0 Å². The lowest BCUT2D eigenvalue weighted by Gasteiger charge is -2.28. The summed E-state index contributed by atoms with van der Waals surface area (Å²) in [6.45, 7) is 4.68. The Morgan fingerprint density at radius 2 is 1.22 bits per heavy atom. The van der Waals surface area contributed by atoms with Gasteiger partial charge in [0.1, 0.15) is 11.2 Å². The van der Waals surface area contributed by atoms with Gasteiger partial charge in [-0.1, -0.05) is 86.6 Å². The molecule has 0 aliphatic heterocycles. The van der Waals surface area contributed by atoms with Crippen molar-refractivity contribution in [1.82, 2.24) is 0 Å². The van der Waals surface area contributed by atoms with E-state index in [1.807, 2.05) is 11.3 Å². The molecule has 10 rings (SSSR count). The average molecular weight is 608 g/mol. The van der Waals surface area contributed by atoms with Gasteiger partial charge in [-0.3, -0.25) is 0 Å². The Hall–Kier alpha value is -5.38. The average Bonchev–Trinajstić information content (AvgIpc) is 3.71. The number of thiophene rings is 1. The number of nitrogens with zero attached hydrogens (tertiary/aromatic N) is 1. The fourth-order valence-electron chi connectivity index (χ4n) is 7.76. The number of fused-ring (bicyclic) bond motifs is 11. The number of para-hydroxylation sites is 1. The van der Waals surface area contributed by atoms with Gasteiger partial charge in [0.05, 0.1) is 0 Å². The predicted octanol–water partition coefficient (Wildman–Crippen LogP) is 12.9. The van der Waals surface area contributed by atoms with Crippen LogP contribution in [0.4, 0.5) is 17.1 Å². The summed E-state index contributed by atoms with van der Waals surface area (Å²) in [5.41, 5.74) is 10.5. The van der Waals surface area contributed by atoms with E-state index in [0.717, 1.165) is 33.6 Å². The molecule has 0 saturated heterocycles. The summed E-state index contributed by atoms with van der Waals surface area (Å²) in [5.74, 6) is 0. The van der Waals surface area contributed by atoms with Crippen LogP contribution in [-0.4, -0.2) is 0 Å². The van der Waals surface area contributed by atoms with Crippen molar-refractivity contribution in [2.45, 2.75) is 19.3 Å². The minimum Gasteiger partial charge on any atom is -0.456 e. The largest absolute Gasteiger partial charge is 0.456 e. The molecule has 0 amide bonds. The molecule has 0 fully saturated rings. The number of rotatable bonds is 3. The Balaban J connectivity index is 1.16. The van der Waals surface area contributed by atoms with Crippen LogP contribution in [0.1, 0.15) is 25.0 Å². The summed E-state index contributed by atoms with van der Waals surface area (Å²) in [5, 5.41) is 7.50. The van der Waals surface area contributed by atoms with Crippen LogP contribution in [0, 0.1) is 0 Å². The highest BCUT2D eigenvalue weighted by Gasteiger charge is 2.35. The van der Waals surface area contributed by atoms with Crippen LogP contribution in [0.25, 0.3) is 64.0 Å². The van der Waals surface area contributed by atoms with E-state index in [0.29, 0.717) is 0 Å². The molecule has 218 valence electrons. The van der Waals surface area contributed by atoms with Gasteiger partial charge in [-0.05, 0) is 93.7 Å². The van der Waals surface area contributed by atoms with Gasteiger partial charge in [-0.25, -0.2) is 0 Å². The molecule has 0 bridgehead atoms. The monoisotopic (exact) mass is 607 g/mol. The standard InChI is InChI=1S/C43H29NOS/c1-43(2)36-15-9-8-14-31(36)32-18-16-29(24-37(32)43)44(28-12-4-3-5-13-28)30-17-19-34-39(25-30)45-38-21-20-33-35-22-26-10-6-7-11-27(26)23-40(35)46-42(33)41(34)38/h3-25H,1-2H3. The molecular weight excluding hydrogens is 579 g/mol. The first kappa shape index (κ1) is 25.9. The maximum atomic E-state index is 6.63. The molecule has 9 aromatic rings. The lowest BCUT2D eigenvalue weighted by molar-refractivity contribution is 0.660. The summed E-state index contributed by atoms with van der Waals surface area (Å²) in [4.78, 5) is 2.35. The summed E-state index contributed by atoms with van der Waals surface area (Å²) in [6, 6.07) is 50.8. The number of anilines is 3. The van der Waals surface area contributed by atoms with Crippen molar-refractivity contribution in [1.29, 1.82) is 0 Å². The first-order chi connectivity index (χ1) is 22.5. The third kappa shape index (κ3) is 3.58. The minimum absolute atomic E-state index is 0.0749. The van der Waals surface area contributed by atoms with E-state index in [1.165, 1.54) is 58.6 Å². The van der Waals surface area contributed by atoms with E-state index in [-0.39, 0.29) is 5.41 Å². The smallest absolute Gasteiger partial charge is 0.137 e. The zero-order chi connectivity index (χ0) is 30.6. The third-order valence-corrected chi connectivity index (χ3v) is 11.2. The quantitative estimate of drug-likeness (QED) is 0.199. The van der Waals surface area contributed by atoms with Gasteiger partial charge in [-0.15, -0.1) is 11.3 Å². The molecule has 46 heavy (non-hydrogen) atoms. The van der Waals surface area contributed by atoms with Gasteiger partial charge >= 0.3 is 0 Å². The highest BCUT2D eigenvalue weighted by atomic mass is 32.1. The van der Waals surface area contributed by atoms with Crippen molar-refractivity contribution < 1.29 is 4.42 Å². The SMILES string of the molecule is CC1(C)c2ccccc2-c2ccc(N(c3ccccc3)c3ccc4c(c3)oc3ccc5c6cc7ccccc7cc6sc5c34)cc21. The van der Waals surface area contributed by atoms with E-state index in [1.54, 1.807) is 0 Å². The molecule has 0 unspecified atom stereocenters. The Morgan fingerprint density at radius 1 is 0.522 bits per heavy atom. The molecule has 0 N–H and O–H groups in total. The second-order valence-electron chi connectivity index (χ2n) is 13.0. The lowest BCUT2D eigenvalue weighted by Crippen LogP contribution is -2.16. The molecule has 7 aromatic carbocycles. The molecule has 0 saturated carbocycles. The van der Waals surface area contributed by atoms with Crippen molar-refractivity contribution in [3.05, 3.63) is 151 Å². The summed E-state index contributed by atoms with van der Waals surface area (Å²) >= 11 is 1.87. The van der Waals surface area contributed by atoms with E-state index in [4.69, 9.17) is 4.42 Å². The van der Waals surface area contributed by atoms with Gasteiger partial charge in [0, 0.05) is 59.5 Å². The van der Waals surface area contributed by atoms with E-state index in [9.17, 15) is 0 Å². The predicted molar refractivity (Wildman–Crippen MR) is 196 cm³/mol. The normalized spacial score (nSPS) is 13.6. The van der Waals surface area contributed by atoms with Crippen LogP contribution in [0.5, 0.6) is 0 Å². The fourth-order valence-corrected chi connectivity index (χ4v) is 9.05. The van der Waals surface area contributed by atoms with Crippen LogP contribution < -0.4 is 4.90 Å². The maximum Gasteiger partial charge on any atom is 0.137 e. The first-order valence-corrected chi connectivity index (χ1v) is 16.7. The molecule has 2 nitrogen and oxygen atoms in total. The van der Waals surface area contributed by atoms with Crippen molar-refractivity contribution in [2.75, 3.05) is 4.90 Å². The second-order valence-corrected chi connectivity index (χ2v) is 14.0. The summed E-state index contributed by atoms with van der Waals surface area (Å²) < 4.78 is 9.22. The zero-order valence-corrected chi connectivity index (χ0v) is 26.4. The van der Waals surface area contributed by atoms with Gasteiger partial charge in [0.25, 0.3) is 0 Å². The lowest BCUT2D eigenvalue weighted by atomic mass is 9.82.